The van der Waals surface area contributed by atoms with Gasteiger partial charge in [0.05, 0.1) is 7.11 Å². The highest BCUT2D eigenvalue weighted by Gasteiger charge is 2.16. The van der Waals surface area contributed by atoms with Gasteiger partial charge in [-0.15, -0.1) is 0 Å². The normalized spacial score (nSPS) is 14.1. The van der Waals surface area contributed by atoms with Gasteiger partial charge in [-0.25, -0.2) is 4.79 Å². The molecule has 0 saturated carbocycles. The van der Waals surface area contributed by atoms with Crippen LogP contribution in [0.1, 0.15) is 17.5 Å². The summed E-state index contributed by atoms with van der Waals surface area (Å²) in [7, 11) is 1.40. The predicted octanol–water partition coefficient (Wildman–Crippen LogP) is 2.84. The number of benzene rings is 1. The molecule has 0 heterocycles. The molecule has 2 rings (SSSR count). The van der Waals surface area contributed by atoms with E-state index in [-0.39, 0.29) is 5.97 Å². The molecule has 1 aliphatic carbocycles. The van der Waals surface area contributed by atoms with Crippen molar-refractivity contribution in [1.29, 1.82) is 0 Å². The molecule has 0 fully saturated rings. The number of hydrogen-bond donors (Lipinski definition) is 0. The van der Waals surface area contributed by atoms with Gasteiger partial charge in [0, 0.05) is 10.6 Å². The Hall–Kier alpha value is -1.28. The van der Waals surface area contributed by atoms with E-state index in [9.17, 15) is 4.79 Å². The third-order valence-electron chi connectivity index (χ3n) is 2.55. The second-order valence-corrected chi connectivity index (χ2v) is 3.94. The van der Waals surface area contributed by atoms with E-state index in [1.807, 2.05) is 24.3 Å². The molecule has 0 bridgehead atoms. The number of hydrogen-bond acceptors (Lipinski definition) is 2. The molecule has 0 aliphatic heterocycles. The number of carbonyl (C=O) groups excluding carboxylic acids is 1. The van der Waals surface area contributed by atoms with Crippen LogP contribution in [-0.2, 0) is 16.0 Å². The van der Waals surface area contributed by atoms with Crippen LogP contribution < -0.4 is 0 Å². The first-order valence-corrected chi connectivity index (χ1v) is 5.16. The van der Waals surface area contributed by atoms with Crippen LogP contribution in [-0.4, -0.2) is 13.1 Å². The van der Waals surface area contributed by atoms with E-state index in [1.165, 1.54) is 12.7 Å². The van der Waals surface area contributed by atoms with E-state index < -0.39 is 0 Å². The molecule has 0 saturated heterocycles. The van der Waals surface area contributed by atoms with E-state index in [4.69, 9.17) is 16.3 Å². The van der Waals surface area contributed by atoms with Gasteiger partial charge >= 0.3 is 5.97 Å². The fraction of sp³-hybridized carbons (Fsp3) is 0.250. The van der Waals surface area contributed by atoms with Crippen molar-refractivity contribution >= 4 is 23.6 Å². The van der Waals surface area contributed by atoms with E-state index >= 15 is 0 Å². The molecule has 1 aromatic carbocycles. The third-order valence-corrected chi connectivity index (χ3v) is 2.78. The molecule has 1 aromatic rings. The topological polar surface area (TPSA) is 26.3 Å². The van der Waals surface area contributed by atoms with Crippen LogP contribution in [0.5, 0.6) is 0 Å². The van der Waals surface area contributed by atoms with Gasteiger partial charge < -0.3 is 4.74 Å². The highest BCUT2D eigenvalue weighted by Crippen LogP contribution is 2.26. The summed E-state index contributed by atoms with van der Waals surface area (Å²) < 4.78 is 4.69. The maximum Gasteiger partial charge on any atom is 0.333 e. The lowest BCUT2D eigenvalue weighted by Crippen LogP contribution is -2.09. The Morgan fingerprint density at radius 3 is 2.93 bits per heavy atom. The number of carbonyl (C=O) groups is 1. The van der Waals surface area contributed by atoms with Gasteiger partial charge in [-0.1, -0.05) is 17.7 Å². The Bertz CT molecular complexity index is 435. The Morgan fingerprint density at radius 1 is 1.40 bits per heavy atom. The zero-order chi connectivity index (χ0) is 10.8. The molecule has 78 valence electrons. The quantitative estimate of drug-likeness (QED) is 0.683. The Morgan fingerprint density at radius 2 is 2.20 bits per heavy atom. The highest BCUT2D eigenvalue weighted by molar-refractivity contribution is 6.30. The van der Waals surface area contributed by atoms with Crippen molar-refractivity contribution < 1.29 is 9.53 Å². The molecule has 0 N–H and O–H groups in total. The summed E-state index contributed by atoms with van der Waals surface area (Å²) in [6, 6.07) is 5.75. The maximum atomic E-state index is 11.3. The number of ether oxygens (including phenoxy) is 1. The standard InChI is InChI=1S/C12H11ClO2/c1-15-12(14)9-3-2-8-4-5-11(13)7-10(8)6-9/h4-7H,2-3H2,1H3. The second-order valence-electron chi connectivity index (χ2n) is 3.50. The fourth-order valence-electron chi connectivity index (χ4n) is 1.75. The van der Waals surface area contributed by atoms with E-state index in [1.54, 1.807) is 0 Å². The van der Waals surface area contributed by atoms with Crippen LogP contribution in [0.15, 0.2) is 23.8 Å². The molecule has 1 aliphatic rings. The molecule has 3 heteroatoms. The molecule has 0 atom stereocenters. The van der Waals surface area contributed by atoms with Crippen LogP contribution in [0.3, 0.4) is 0 Å². The second kappa shape index (κ2) is 4.07. The number of halogens is 1. The number of esters is 1. The average molecular weight is 223 g/mol. The van der Waals surface area contributed by atoms with Gasteiger partial charge in [-0.2, -0.15) is 0 Å². The molecule has 0 spiro atoms. The average Bonchev–Trinajstić information content (AvgIpc) is 2.27. The summed E-state index contributed by atoms with van der Waals surface area (Å²) in [5, 5.41) is 0.691. The largest absolute Gasteiger partial charge is 0.466 e. The third kappa shape index (κ3) is 2.05. The van der Waals surface area contributed by atoms with Gasteiger partial charge in [0.25, 0.3) is 0 Å². The van der Waals surface area contributed by atoms with Gasteiger partial charge in [-0.3, -0.25) is 0 Å². The van der Waals surface area contributed by atoms with Gasteiger partial charge in [0.2, 0.25) is 0 Å². The minimum Gasteiger partial charge on any atom is -0.466 e. The first kappa shape index (κ1) is 10.2. The molecular formula is C12H11ClO2. The summed E-state index contributed by atoms with van der Waals surface area (Å²) in [5.74, 6) is -0.249. The minimum atomic E-state index is -0.249. The van der Waals surface area contributed by atoms with E-state index in [0.29, 0.717) is 10.6 Å². The first-order chi connectivity index (χ1) is 7.20. The van der Waals surface area contributed by atoms with Crippen LogP contribution in [0, 0.1) is 0 Å². The summed E-state index contributed by atoms with van der Waals surface area (Å²) in [6.45, 7) is 0. The van der Waals surface area contributed by atoms with Crippen molar-refractivity contribution in [2.75, 3.05) is 7.11 Å². The molecule has 0 unspecified atom stereocenters. The summed E-state index contributed by atoms with van der Waals surface area (Å²) in [5.41, 5.74) is 2.97. The van der Waals surface area contributed by atoms with Gasteiger partial charge in [0.1, 0.15) is 0 Å². The predicted molar refractivity (Wildman–Crippen MR) is 59.8 cm³/mol. The number of fused-ring (bicyclic) bond motifs is 1. The van der Waals surface area contributed by atoms with Crippen molar-refractivity contribution in [2.45, 2.75) is 12.8 Å². The Labute approximate surface area is 93.5 Å². The van der Waals surface area contributed by atoms with E-state index in [0.717, 1.165) is 18.4 Å². The van der Waals surface area contributed by atoms with Gasteiger partial charge in [-0.05, 0) is 42.2 Å². The van der Waals surface area contributed by atoms with Crippen molar-refractivity contribution in [3.63, 3.8) is 0 Å². The number of aryl methyl sites for hydroxylation is 1. The number of rotatable bonds is 1. The fourth-order valence-corrected chi connectivity index (χ4v) is 1.93. The summed E-state index contributed by atoms with van der Waals surface area (Å²) >= 11 is 5.89. The Kier molecular flexibility index (Phi) is 2.78. The molecule has 0 radical (unpaired) electrons. The maximum absolute atomic E-state index is 11.3. The summed E-state index contributed by atoms with van der Waals surface area (Å²) in [4.78, 5) is 11.3. The minimum absolute atomic E-state index is 0.249. The van der Waals surface area contributed by atoms with Gasteiger partial charge in [0.15, 0.2) is 0 Å². The molecule has 15 heavy (non-hydrogen) atoms. The van der Waals surface area contributed by atoms with Crippen molar-refractivity contribution in [2.24, 2.45) is 0 Å². The lowest BCUT2D eigenvalue weighted by molar-refractivity contribution is -0.136. The molecule has 0 amide bonds. The lowest BCUT2D eigenvalue weighted by atomic mass is 9.92. The van der Waals surface area contributed by atoms with Crippen LogP contribution in [0.4, 0.5) is 0 Å². The van der Waals surface area contributed by atoms with Crippen molar-refractivity contribution in [3.05, 3.63) is 39.9 Å². The smallest absolute Gasteiger partial charge is 0.333 e. The zero-order valence-corrected chi connectivity index (χ0v) is 9.17. The SMILES string of the molecule is COC(=O)C1=Cc2cc(Cl)ccc2CC1. The van der Waals surface area contributed by atoms with Crippen LogP contribution in [0.2, 0.25) is 5.02 Å². The monoisotopic (exact) mass is 222 g/mol. The Balaban J connectivity index is 2.39. The summed E-state index contributed by atoms with van der Waals surface area (Å²) in [6.07, 6.45) is 3.46. The van der Waals surface area contributed by atoms with Crippen LogP contribution in [0.25, 0.3) is 6.08 Å². The van der Waals surface area contributed by atoms with Crippen molar-refractivity contribution in [3.8, 4) is 0 Å². The zero-order valence-electron chi connectivity index (χ0n) is 8.42. The molecule has 2 nitrogen and oxygen atoms in total. The highest BCUT2D eigenvalue weighted by atomic mass is 35.5. The molecular weight excluding hydrogens is 212 g/mol. The van der Waals surface area contributed by atoms with E-state index in [2.05, 4.69) is 0 Å². The lowest BCUT2D eigenvalue weighted by Gasteiger charge is -2.14. The van der Waals surface area contributed by atoms with Crippen molar-refractivity contribution in [1.82, 2.24) is 0 Å². The number of methoxy groups -OCH3 is 1. The molecule has 0 aromatic heterocycles. The first-order valence-electron chi connectivity index (χ1n) is 4.78. The van der Waals surface area contributed by atoms with Crippen LogP contribution >= 0.6 is 11.6 Å².